The zero-order chi connectivity index (χ0) is 22.1. The van der Waals surface area contributed by atoms with Gasteiger partial charge in [0.25, 0.3) is 0 Å². The SMILES string of the molecule is Cc1ccc(-c2onc(C)c2C)cc1S(=O)(=O)CCC(=O)Nc1ccc(Cl)cc1F. The monoisotopic (exact) mass is 450 g/mol. The Kier molecular flexibility index (Phi) is 6.28. The van der Waals surface area contributed by atoms with Gasteiger partial charge in [-0.3, -0.25) is 4.79 Å². The van der Waals surface area contributed by atoms with Crippen LogP contribution in [0.5, 0.6) is 0 Å². The Labute approximate surface area is 179 Å². The molecule has 0 saturated carbocycles. The lowest BCUT2D eigenvalue weighted by Crippen LogP contribution is -2.18. The van der Waals surface area contributed by atoms with Crippen LogP contribution in [0.25, 0.3) is 11.3 Å². The first kappa shape index (κ1) is 22.0. The van der Waals surface area contributed by atoms with Gasteiger partial charge in [0.15, 0.2) is 15.6 Å². The summed E-state index contributed by atoms with van der Waals surface area (Å²) < 4.78 is 44.9. The van der Waals surface area contributed by atoms with Gasteiger partial charge in [-0.05, 0) is 50.6 Å². The number of aromatic nitrogens is 1. The van der Waals surface area contributed by atoms with E-state index in [9.17, 15) is 17.6 Å². The minimum atomic E-state index is -3.77. The molecular formula is C21H20ClFN2O4S. The third-order valence-corrected chi connectivity index (χ3v) is 6.83. The van der Waals surface area contributed by atoms with Gasteiger partial charge < -0.3 is 9.84 Å². The van der Waals surface area contributed by atoms with Gasteiger partial charge in [-0.2, -0.15) is 0 Å². The number of nitrogens with one attached hydrogen (secondary N) is 1. The summed E-state index contributed by atoms with van der Waals surface area (Å²) in [5.41, 5.74) is 2.63. The number of amides is 1. The van der Waals surface area contributed by atoms with E-state index in [2.05, 4.69) is 10.5 Å². The quantitative estimate of drug-likeness (QED) is 0.579. The summed E-state index contributed by atoms with van der Waals surface area (Å²) in [6.07, 6.45) is -0.325. The second kappa shape index (κ2) is 8.57. The second-order valence-corrected chi connectivity index (χ2v) is 9.46. The number of halogens is 2. The molecule has 0 radical (unpaired) electrons. The molecule has 1 amide bonds. The number of benzene rings is 2. The van der Waals surface area contributed by atoms with Crippen LogP contribution in [0.15, 0.2) is 45.8 Å². The van der Waals surface area contributed by atoms with Crippen molar-refractivity contribution in [2.24, 2.45) is 0 Å². The van der Waals surface area contributed by atoms with Crippen LogP contribution >= 0.6 is 11.6 Å². The number of carbonyl (C=O) groups excluding carboxylic acids is 1. The zero-order valence-electron chi connectivity index (χ0n) is 16.6. The lowest BCUT2D eigenvalue weighted by Gasteiger charge is -2.10. The Morgan fingerprint density at radius 1 is 1.17 bits per heavy atom. The number of aryl methyl sites for hydroxylation is 2. The van der Waals surface area contributed by atoms with E-state index in [1.165, 1.54) is 18.2 Å². The lowest BCUT2D eigenvalue weighted by atomic mass is 10.1. The molecule has 0 aliphatic heterocycles. The minimum Gasteiger partial charge on any atom is -0.356 e. The first-order valence-corrected chi connectivity index (χ1v) is 11.1. The van der Waals surface area contributed by atoms with Crippen molar-refractivity contribution >= 4 is 33.0 Å². The average Bonchev–Trinajstić information content (AvgIpc) is 3.02. The van der Waals surface area contributed by atoms with E-state index in [0.29, 0.717) is 16.9 Å². The van der Waals surface area contributed by atoms with E-state index in [1.54, 1.807) is 26.0 Å². The molecule has 0 aliphatic rings. The third kappa shape index (κ3) is 4.71. The second-order valence-electron chi connectivity index (χ2n) is 6.94. The van der Waals surface area contributed by atoms with E-state index in [0.717, 1.165) is 17.3 Å². The number of anilines is 1. The summed E-state index contributed by atoms with van der Waals surface area (Å²) in [5.74, 6) is -1.23. The maximum Gasteiger partial charge on any atom is 0.225 e. The molecule has 3 rings (SSSR count). The number of carbonyl (C=O) groups is 1. The molecule has 0 fully saturated rings. The molecule has 9 heteroatoms. The fraction of sp³-hybridized carbons (Fsp3) is 0.238. The maximum absolute atomic E-state index is 13.8. The van der Waals surface area contributed by atoms with E-state index in [-0.39, 0.29) is 22.0 Å². The number of hydrogen-bond acceptors (Lipinski definition) is 5. The summed E-state index contributed by atoms with van der Waals surface area (Å²) in [6, 6.07) is 8.78. The van der Waals surface area contributed by atoms with Gasteiger partial charge in [0.05, 0.1) is 22.0 Å². The molecule has 2 aromatic carbocycles. The molecule has 6 nitrogen and oxygen atoms in total. The molecule has 0 atom stereocenters. The van der Waals surface area contributed by atoms with E-state index in [1.807, 2.05) is 6.92 Å². The molecular weight excluding hydrogens is 431 g/mol. The van der Waals surface area contributed by atoms with Crippen molar-refractivity contribution in [3.8, 4) is 11.3 Å². The van der Waals surface area contributed by atoms with Crippen molar-refractivity contribution in [2.75, 3.05) is 11.1 Å². The summed E-state index contributed by atoms with van der Waals surface area (Å²) in [4.78, 5) is 12.3. The smallest absolute Gasteiger partial charge is 0.225 e. The number of hydrogen-bond donors (Lipinski definition) is 1. The number of sulfone groups is 1. The minimum absolute atomic E-state index is 0.0591. The average molecular weight is 451 g/mol. The molecule has 0 spiro atoms. The van der Waals surface area contributed by atoms with Crippen LogP contribution in [0.4, 0.5) is 10.1 Å². The van der Waals surface area contributed by atoms with E-state index in [4.69, 9.17) is 16.1 Å². The molecule has 0 bridgehead atoms. The van der Waals surface area contributed by atoms with Crippen molar-refractivity contribution in [3.05, 3.63) is 64.1 Å². The predicted octanol–water partition coefficient (Wildman–Crippen LogP) is 4.86. The van der Waals surface area contributed by atoms with Crippen LogP contribution in [0.2, 0.25) is 5.02 Å². The van der Waals surface area contributed by atoms with Crippen LogP contribution in [-0.4, -0.2) is 25.2 Å². The molecule has 3 aromatic rings. The molecule has 30 heavy (non-hydrogen) atoms. The van der Waals surface area contributed by atoms with Gasteiger partial charge in [0.2, 0.25) is 5.91 Å². The van der Waals surface area contributed by atoms with Gasteiger partial charge in [-0.25, -0.2) is 12.8 Å². The summed E-state index contributed by atoms with van der Waals surface area (Å²) in [6.45, 7) is 5.32. The highest BCUT2D eigenvalue weighted by Crippen LogP contribution is 2.29. The van der Waals surface area contributed by atoms with Crippen LogP contribution < -0.4 is 5.32 Å². The zero-order valence-corrected chi connectivity index (χ0v) is 18.2. The highest BCUT2D eigenvalue weighted by atomic mass is 35.5. The first-order chi connectivity index (χ1) is 14.1. The van der Waals surface area contributed by atoms with Crippen LogP contribution in [-0.2, 0) is 14.6 Å². The van der Waals surface area contributed by atoms with Crippen molar-refractivity contribution in [1.29, 1.82) is 0 Å². The maximum atomic E-state index is 13.8. The van der Waals surface area contributed by atoms with Crippen LogP contribution in [0.3, 0.4) is 0 Å². The molecule has 0 saturated heterocycles. The Hall–Kier alpha value is -2.71. The van der Waals surface area contributed by atoms with E-state index < -0.39 is 27.3 Å². The standard InChI is InChI=1S/C21H20ClFN2O4S/c1-12-4-5-15(21-13(2)14(3)25-29-21)10-19(12)30(27,28)9-8-20(26)24-18-7-6-16(22)11-17(18)23/h4-7,10-11H,8-9H2,1-3H3,(H,24,26). The van der Waals surface area contributed by atoms with Gasteiger partial charge in [-0.15, -0.1) is 0 Å². The van der Waals surface area contributed by atoms with Gasteiger partial charge in [-0.1, -0.05) is 28.9 Å². The lowest BCUT2D eigenvalue weighted by molar-refractivity contribution is -0.115. The third-order valence-electron chi connectivity index (χ3n) is 4.75. The van der Waals surface area contributed by atoms with Crippen molar-refractivity contribution in [3.63, 3.8) is 0 Å². The molecule has 1 heterocycles. The molecule has 0 unspecified atom stereocenters. The van der Waals surface area contributed by atoms with Gasteiger partial charge in [0, 0.05) is 22.6 Å². The highest BCUT2D eigenvalue weighted by Gasteiger charge is 2.21. The molecule has 158 valence electrons. The highest BCUT2D eigenvalue weighted by molar-refractivity contribution is 7.91. The molecule has 0 aliphatic carbocycles. The Balaban J connectivity index is 1.77. The van der Waals surface area contributed by atoms with Crippen LogP contribution in [0, 0.1) is 26.6 Å². The van der Waals surface area contributed by atoms with Gasteiger partial charge in [0.1, 0.15) is 5.82 Å². The van der Waals surface area contributed by atoms with Gasteiger partial charge >= 0.3 is 0 Å². The number of nitrogens with zero attached hydrogens (tertiary/aromatic N) is 1. The largest absolute Gasteiger partial charge is 0.356 e. The topological polar surface area (TPSA) is 89.3 Å². The predicted molar refractivity (Wildman–Crippen MR) is 113 cm³/mol. The Morgan fingerprint density at radius 2 is 1.90 bits per heavy atom. The molecule has 1 aromatic heterocycles. The Morgan fingerprint density at radius 3 is 2.53 bits per heavy atom. The normalized spacial score (nSPS) is 11.5. The first-order valence-electron chi connectivity index (χ1n) is 9.10. The summed E-state index contributed by atoms with van der Waals surface area (Å²) in [7, 11) is -3.77. The summed E-state index contributed by atoms with van der Waals surface area (Å²) >= 11 is 5.68. The fourth-order valence-corrected chi connectivity index (χ4v) is 4.60. The molecule has 1 N–H and O–H groups in total. The van der Waals surface area contributed by atoms with E-state index >= 15 is 0 Å². The number of rotatable bonds is 6. The fourth-order valence-electron chi connectivity index (χ4n) is 2.90. The Bertz CT molecular complexity index is 1220. The summed E-state index contributed by atoms with van der Waals surface area (Å²) in [5, 5.41) is 6.46. The van der Waals surface area contributed by atoms with Crippen molar-refractivity contribution < 1.29 is 22.1 Å². The van der Waals surface area contributed by atoms with Crippen LogP contribution in [0.1, 0.15) is 23.2 Å². The van der Waals surface area contributed by atoms with Crippen molar-refractivity contribution in [1.82, 2.24) is 5.16 Å². The van der Waals surface area contributed by atoms with Crippen molar-refractivity contribution in [2.45, 2.75) is 32.1 Å².